The fourth-order valence-corrected chi connectivity index (χ4v) is 1.14. The van der Waals surface area contributed by atoms with Crippen molar-refractivity contribution in [3.05, 3.63) is 24.8 Å². The molecular formula is C8H14N+. The zero-order chi connectivity index (χ0) is 6.53. The molecule has 0 aliphatic carbocycles. The lowest BCUT2D eigenvalue weighted by molar-refractivity contribution is -0.682. The van der Waals surface area contributed by atoms with Crippen LogP contribution in [-0.2, 0) is 0 Å². The lowest BCUT2D eigenvalue weighted by atomic mass is 10.1. The van der Waals surface area contributed by atoms with E-state index in [-0.39, 0.29) is 0 Å². The number of nitrogens with two attached hydrogens (primary N) is 1. The molecule has 1 unspecified atom stereocenters. The average Bonchev–Trinajstić information content (AvgIpc) is 1.91. The molecule has 1 heteroatoms. The highest BCUT2D eigenvalue weighted by molar-refractivity contribution is 4.88. The molecule has 0 radical (unpaired) electrons. The zero-order valence-corrected chi connectivity index (χ0v) is 5.72. The van der Waals surface area contributed by atoms with Gasteiger partial charge in [0.05, 0.1) is 12.6 Å². The molecule has 2 N–H and O–H groups in total. The van der Waals surface area contributed by atoms with Crippen molar-refractivity contribution in [2.24, 2.45) is 0 Å². The fourth-order valence-electron chi connectivity index (χ4n) is 1.14. The first-order chi connectivity index (χ1) is 4.43. The summed E-state index contributed by atoms with van der Waals surface area (Å²) in [5.74, 6) is 0. The Morgan fingerprint density at radius 3 is 3.11 bits per heavy atom. The lowest BCUT2D eigenvalue weighted by Crippen LogP contribution is -2.90. The van der Waals surface area contributed by atoms with Gasteiger partial charge in [0.1, 0.15) is 0 Å². The van der Waals surface area contributed by atoms with Crippen molar-refractivity contribution >= 4 is 0 Å². The first-order valence-electron chi connectivity index (χ1n) is 3.52. The Bertz CT molecular complexity index is 116. The third-order valence-corrected chi connectivity index (χ3v) is 1.68. The van der Waals surface area contributed by atoms with E-state index in [1.54, 1.807) is 0 Å². The van der Waals surface area contributed by atoms with E-state index in [1.165, 1.54) is 6.42 Å². The van der Waals surface area contributed by atoms with Crippen LogP contribution < -0.4 is 5.32 Å². The predicted octanol–water partition coefficient (Wildman–Crippen LogP) is 0.454. The van der Waals surface area contributed by atoms with Crippen LogP contribution in [0.1, 0.15) is 12.8 Å². The second kappa shape index (κ2) is 3.46. The molecular weight excluding hydrogens is 110 g/mol. The Labute approximate surface area is 56.5 Å². The lowest BCUT2D eigenvalue weighted by Gasteiger charge is -2.13. The molecule has 1 rings (SSSR count). The summed E-state index contributed by atoms with van der Waals surface area (Å²) in [6.07, 6.45) is 8.84. The van der Waals surface area contributed by atoms with Crippen molar-refractivity contribution in [3.8, 4) is 0 Å². The van der Waals surface area contributed by atoms with E-state index < -0.39 is 0 Å². The molecule has 0 saturated heterocycles. The molecule has 1 heterocycles. The standard InChI is InChI=1S/C8H13N/c1-2-5-8-6-3-4-7-9-8/h2-4,8-9H,1,5-7H2/p+1. The Balaban J connectivity index is 2.26. The minimum atomic E-state index is 0.771. The molecule has 0 bridgehead atoms. The summed E-state index contributed by atoms with van der Waals surface area (Å²) in [4.78, 5) is 0. The summed E-state index contributed by atoms with van der Waals surface area (Å²) in [5, 5.41) is 2.36. The minimum Gasteiger partial charge on any atom is -0.340 e. The zero-order valence-electron chi connectivity index (χ0n) is 5.72. The van der Waals surface area contributed by atoms with Gasteiger partial charge in [0, 0.05) is 12.8 Å². The Morgan fingerprint density at radius 1 is 1.67 bits per heavy atom. The first-order valence-corrected chi connectivity index (χ1v) is 3.52. The van der Waals surface area contributed by atoms with E-state index in [2.05, 4.69) is 24.0 Å². The van der Waals surface area contributed by atoms with Crippen LogP contribution in [0.3, 0.4) is 0 Å². The van der Waals surface area contributed by atoms with Gasteiger partial charge in [-0.25, -0.2) is 0 Å². The van der Waals surface area contributed by atoms with Gasteiger partial charge in [0.2, 0.25) is 0 Å². The van der Waals surface area contributed by atoms with Crippen molar-refractivity contribution < 1.29 is 5.32 Å². The van der Waals surface area contributed by atoms with Crippen molar-refractivity contribution in [1.29, 1.82) is 0 Å². The van der Waals surface area contributed by atoms with Gasteiger partial charge < -0.3 is 5.32 Å². The molecule has 1 nitrogen and oxygen atoms in total. The second-order valence-corrected chi connectivity index (χ2v) is 2.46. The van der Waals surface area contributed by atoms with E-state index in [0.717, 1.165) is 19.0 Å². The van der Waals surface area contributed by atoms with E-state index in [9.17, 15) is 0 Å². The van der Waals surface area contributed by atoms with Gasteiger partial charge in [-0.05, 0) is 6.08 Å². The highest BCUT2D eigenvalue weighted by Gasteiger charge is 2.08. The third kappa shape index (κ3) is 2.02. The molecule has 1 aliphatic rings. The van der Waals surface area contributed by atoms with Crippen LogP contribution in [0.5, 0.6) is 0 Å². The summed E-state index contributed by atoms with van der Waals surface area (Å²) in [6, 6.07) is 0.771. The van der Waals surface area contributed by atoms with E-state index in [1.807, 2.05) is 6.08 Å². The number of hydrogen-bond acceptors (Lipinski definition) is 0. The molecule has 0 amide bonds. The Kier molecular flexibility index (Phi) is 2.52. The molecule has 0 aromatic carbocycles. The third-order valence-electron chi connectivity index (χ3n) is 1.68. The summed E-state index contributed by atoms with van der Waals surface area (Å²) >= 11 is 0. The van der Waals surface area contributed by atoms with Gasteiger partial charge in [-0.3, -0.25) is 0 Å². The predicted molar refractivity (Wildman–Crippen MR) is 39.2 cm³/mol. The van der Waals surface area contributed by atoms with Crippen LogP contribution in [0.2, 0.25) is 0 Å². The maximum Gasteiger partial charge on any atom is 0.0944 e. The number of rotatable bonds is 2. The van der Waals surface area contributed by atoms with Gasteiger partial charge >= 0.3 is 0 Å². The minimum absolute atomic E-state index is 0.771. The van der Waals surface area contributed by atoms with Crippen LogP contribution in [-0.4, -0.2) is 12.6 Å². The molecule has 0 spiro atoms. The normalized spacial score (nSPS) is 26.0. The SMILES string of the molecule is C=CCC1CC=CC[NH2+]1. The highest BCUT2D eigenvalue weighted by atomic mass is 14.9. The van der Waals surface area contributed by atoms with Crippen molar-refractivity contribution in [2.75, 3.05) is 6.54 Å². The van der Waals surface area contributed by atoms with Crippen LogP contribution in [0, 0.1) is 0 Å². The van der Waals surface area contributed by atoms with E-state index in [4.69, 9.17) is 0 Å². The van der Waals surface area contributed by atoms with Crippen LogP contribution in [0.25, 0.3) is 0 Å². The average molecular weight is 124 g/mol. The summed E-state index contributed by atoms with van der Waals surface area (Å²) in [7, 11) is 0. The molecule has 1 atom stereocenters. The van der Waals surface area contributed by atoms with E-state index in [0.29, 0.717) is 0 Å². The topological polar surface area (TPSA) is 16.6 Å². The first kappa shape index (κ1) is 6.56. The van der Waals surface area contributed by atoms with Crippen molar-refractivity contribution in [1.82, 2.24) is 0 Å². The van der Waals surface area contributed by atoms with E-state index >= 15 is 0 Å². The monoisotopic (exact) mass is 124 g/mol. The molecule has 0 saturated carbocycles. The summed E-state index contributed by atoms with van der Waals surface area (Å²) in [5.41, 5.74) is 0. The highest BCUT2D eigenvalue weighted by Crippen LogP contribution is 1.97. The molecule has 0 fully saturated rings. The van der Waals surface area contributed by atoms with Gasteiger partial charge in [-0.15, -0.1) is 6.58 Å². The molecule has 1 aliphatic heterocycles. The largest absolute Gasteiger partial charge is 0.340 e. The summed E-state index contributed by atoms with van der Waals surface area (Å²) in [6.45, 7) is 4.86. The molecule has 0 aromatic rings. The maximum absolute atomic E-state index is 3.71. The second-order valence-electron chi connectivity index (χ2n) is 2.46. The van der Waals surface area contributed by atoms with Crippen molar-refractivity contribution in [2.45, 2.75) is 18.9 Å². The van der Waals surface area contributed by atoms with Gasteiger partial charge in [0.15, 0.2) is 0 Å². The van der Waals surface area contributed by atoms with Crippen LogP contribution in [0.15, 0.2) is 24.8 Å². The maximum atomic E-state index is 3.71. The molecule has 50 valence electrons. The number of quaternary nitrogens is 1. The van der Waals surface area contributed by atoms with Gasteiger partial charge in [-0.2, -0.15) is 0 Å². The van der Waals surface area contributed by atoms with Crippen LogP contribution >= 0.6 is 0 Å². The van der Waals surface area contributed by atoms with Crippen molar-refractivity contribution in [3.63, 3.8) is 0 Å². The quantitative estimate of drug-likeness (QED) is 0.515. The summed E-state index contributed by atoms with van der Waals surface area (Å²) < 4.78 is 0. The molecule has 0 aromatic heterocycles. The van der Waals surface area contributed by atoms with Crippen LogP contribution in [0.4, 0.5) is 0 Å². The molecule has 9 heavy (non-hydrogen) atoms. The Hall–Kier alpha value is -0.560. The fraction of sp³-hybridized carbons (Fsp3) is 0.500. The smallest absolute Gasteiger partial charge is 0.0944 e. The Morgan fingerprint density at radius 2 is 2.56 bits per heavy atom. The van der Waals surface area contributed by atoms with Gasteiger partial charge in [0.25, 0.3) is 0 Å². The van der Waals surface area contributed by atoms with Gasteiger partial charge in [-0.1, -0.05) is 12.2 Å². The number of hydrogen-bond donors (Lipinski definition) is 1.